The molecule has 0 radical (unpaired) electrons. The van der Waals surface area contributed by atoms with Crippen LogP contribution in [0, 0.1) is 0 Å². The van der Waals surface area contributed by atoms with E-state index in [1.54, 1.807) is 0 Å². The van der Waals surface area contributed by atoms with E-state index in [-0.39, 0.29) is 19.4 Å². The van der Waals surface area contributed by atoms with E-state index in [0.29, 0.717) is 12.8 Å². The average molecular weight is 815 g/mol. The summed E-state index contributed by atoms with van der Waals surface area (Å²) in [6.07, 6.45) is 42.8. The summed E-state index contributed by atoms with van der Waals surface area (Å²) >= 11 is 0. The van der Waals surface area contributed by atoms with Gasteiger partial charge in [-0.2, -0.15) is 0 Å². The largest absolute Gasteiger partial charge is 0.472 e. The second-order valence-electron chi connectivity index (χ2n) is 15.1. The topological polar surface area (TPSA) is 149 Å². The monoisotopic (exact) mass is 815 g/mol. The lowest BCUT2D eigenvalue weighted by Gasteiger charge is -2.20. The maximum atomic E-state index is 12.6. The van der Waals surface area contributed by atoms with E-state index in [2.05, 4.69) is 42.7 Å². The minimum Gasteiger partial charge on any atom is -0.462 e. The van der Waals surface area contributed by atoms with Crippen molar-refractivity contribution >= 4 is 19.8 Å². The lowest BCUT2D eigenvalue weighted by Crippen LogP contribution is -2.29. The Morgan fingerprint density at radius 1 is 0.536 bits per heavy atom. The summed E-state index contributed by atoms with van der Waals surface area (Å²) in [6.45, 7) is 2.31. The van der Waals surface area contributed by atoms with Gasteiger partial charge in [0.05, 0.1) is 19.8 Å². The smallest absolute Gasteiger partial charge is 0.462 e. The predicted octanol–water partition coefficient (Wildman–Crippen LogP) is 11.9. The molecule has 56 heavy (non-hydrogen) atoms. The molecule has 0 heterocycles. The lowest BCUT2D eigenvalue weighted by atomic mass is 10.1. The first-order chi connectivity index (χ1) is 27.2. The number of esters is 2. The van der Waals surface area contributed by atoms with Crippen LogP contribution in [0.2, 0.25) is 0 Å². The molecule has 0 aromatic rings. The predicted molar refractivity (Wildman–Crippen MR) is 228 cm³/mol. The average Bonchev–Trinajstić information content (AvgIpc) is 3.19. The van der Waals surface area contributed by atoms with Crippen molar-refractivity contribution in [1.29, 1.82) is 0 Å². The third-order valence-electron chi connectivity index (χ3n) is 9.53. The highest BCUT2D eigenvalue weighted by Crippen LogP contribution is 2.43. The van der Waals surface area contributed by atoms with Gasteiger partial charge >= 0.3 is 19.8 Å². The lowest BCUT2D eigenvalue weighted by molar-refractivity contribution is -0.161. The van der Waals surface area contributed by atoms with Crippen molar-refractivity contribution in [3.63, 3.8) is 0 Å². The molecule has 11 heteroatoms. The summed E-state index contributed by atoms with van der Waals surface area (Å²) in [4.78, 5) is 34.9. The normalized spacial score (nSPS) is 14.2. The molecule has 0 aliphatic rings. The molecule has 0 aromatic carbocycles. The van der Waals surface area contributed by atoms with Crippen LogP contribution in [0.5, 0.6) is 0 Å². The summed E-state index contributed by atoms with van der Waals surface area (Å²) in [5, 5.41) is 18.3. The molecule has 0 aromatic heterocycles. The first-order valence-corrected chi connectivity index (χ1v) is 23.9. The fourth-order valence-electron chi connectivity index (χ4n) is 6.04. The van der Waals surface area contributed by atoms with E-state index in [4.69, 9.17) is 19.1 Å². The first kappa shape index (κ1) is 54.2. The van der Waals surface area contributed by atoms with Crippen LogP contribution in [0.3, 0.4) is 0 Å². The second kappa shape index (κ2) is 41.4. The number of phosphoric acid groups is 1. The Hall–Kier alpha value is -1.81. The van der Waals surface area contributed by atoms with Gasteiger partial charge in [0, 0.05) is 12.8 Å². The fourth-order valence-corrected chi connectivity index (χ4v) is 6.83. The number of aliphatic hydroxyl groups excluding tert-OH is 2. The highest BCUT2D eigenvalue weighted by atomic mass is 31.2. The number of unbranched alkanes of at least 4 members (excludes halogenated alkanes) is 22. The van der Waals surface area contributed by atoms with Gasteiger partial charge in [0.25, 0.3) is 0 Å². The van der Waals surface area contributed by atoms with Gasteiger partial charge in [0.15, 0.2) is 6.10 Å². The van der Waals surface area contributed by atoms with Gasteiger partial charge in [0.2, 0.25) is 0 Å². The molecule has 0 amide bonds. The van der Waals surface area contributed by atoms with Crippen molar-refractivity contribution in [1.82, 2.24) is 0 Å². The number of carbonyl (C=O) groups excluding carboxylic acids is 2. The number of hydrogen-bond acceptors (Lipinski definition) is 9. The van der Waals surface area contributed by atoms with E-state index < -0.39 is 51.8 Å². The fraction of sp³-hybridized carbons (Fsp3) is 0.822. The molecule has 0 bridgehead atoms. The van der Waals surface area contributed by atoms with Crippen LogP contribution in [0.4, 0.5) is 0 Å². The number of rotatable bonds is 42. The quantitative estimate of drug-likeness (QED) is 0.0235. The number of allylic oxidation sites excluding steroid dienone is 6. The Bertz CT molecular complexity index is 1030. The summed E-state index contributed by atoms with van der Waals surface area (Å²) in [7, 11) is -4.63. The molecule has 0 saturated heterocycles. The molecule has 0 fully saturated rings. The minimum absolute atomic E-state index is 0.0779. The van der Waals surface area contributed by atoms with Crippen molar-refractivity contribution in [3.8, 4) is 0 Å². The Labute approximate surface area is 341 Å². The van der Waals surface area contributed by atoms with Gasteiger partial charge in [-0.15, -0.1) is 0 Å². The maximum Gasteiger partial charge on any atom is 0.472 e. The zero-order valence-corrected chi connectivity index (χ0v) is 36.5. The third-order valence-corrected chi connectivity index (χ3v) is 10.5. The highest BCUT2D eigenvalue weighted by molar-refractivity contribution is 7.47. The van der Waals surface area contributed by atoms with Gasteiger partial charge in [-0.05, 0) is 57.8 Å². The SMILES string of the molecule is CCCCCCCC/C=C/C/C=C/CCC(=O)OC(COC(=O)CCCCCCCCC/C=C/CCCCCCCCCCC)COP(=O)(O)OC[C@H](O)CO. The van der Waals surface area contributed by atoms with Gasteiger partial charge < -0.3 is 24.6 Å². The van der Waals surface area contributed by atoms with Crippen molar-refractivity contribution in [2.24, 2.45) is 0 Å². The van der Waals surface area contributed by atoms with Gasteiger partial charge in [0.1, 0.15) is 12.7 Å². The maximum absolute atomic E-state index is 12.6. The van der Waals surface area contributed by atoms with Gasteiger partial charge in [-0.1, -0.05) is 166 Å². The van der Waals surface area contributed by atoms with Crippen molar-refractivity contribution in [2.45, 2.75) is 212 Å². The number of phosphoric ester groups is 1. The first-order valence-electron chi connectivity index (χ1n) is 22.4. The van der Waals surface area contributed by atoms with Crippen molar-refractivity contribution < 1.29 is 47.8 Å². The van der Waals surface area contributed by atoms with Crippen LogP contribution in [-0.2, 0) is 32.7 Å². The Balaban J connectivity index is 4.28. The summed E-state index contributed by atoms with van der Waals surface area (Å²) in [5.41, 5.74) is 0. The Morgan fingerprint density at radius 2 is 0.964 bits per heavy atom. The zero-order valence-electron chi connectivity index (χ0n) is 35.6. The number of aliphatic hydroxyl groups is 2. The van der Waals surface area contributed by atoms with Gasteiger partial charge in [-0.3, -0.25) is 18.6 Å². The standard InChI is InChI=1S/C45H83O10P/c1-3-5-7-9-11-13-15-17-18-19-20-21-22-23-25-26-28-30-32-34-36-44(48)52-40-43(41-54-56(50,51)53-39-42(47)38-46)55-45(49)37-35-33-31-29-27-24-16-14-12-10-8-6-4-2/h20-21,24,27,31,33,42-43,46-47H,3-19,22-23,25-26,28-30,32,34-41H2,1-2H3,(H,50,51)/b21-20+,27-24+,33-31+/t42-,43?/m1/s1. The van der Waals surface area contributed by atoms with E-state index in [1.807, 2.05) is 12.2 Å². The van der Waals surface area contributed by atoms with Crippen LogP contribution in [0.15, 0.2) is 36.5 Å². The third kappa shape index (κ3) is 40.4. The molecule has 0 spiro atoms. The molecule has 0 rings (SSSR count). The molecule has 328 valence electrons. The van der Waals surface area contributed by atoms with Crippen LogP contribution in [0.1, 0.15) is 200 Å². The zero-order chi connectivity index (χ0) is 41.2. The van der Waals surface area contributed by atoms with E-state index >= 15 is 0 Å². The van der Waals surface area contributed by atoms with E-state index in [1.165, 1.54) is 122 Å². The van der Waals surface area contributed by atoms with E-state index in [9.17, 15) is 24.2 Å². The minimum atomic E-state index is -4.63. The molecule has 2 unspecified atom stereocenters. The Kier molecular flexibility index (Phi) is 40.0. The highest BCUT2D eigenvalue weighted by Gasteiger charge is 2.27. The van der Waals surface area contributed by atoms with E-state index in [0.717, 1.165) is 38.5 Å². The molecular weight excluding hydrogens is 731 g/mol. The second-order valence-corrected chi connectivity index (χ2v) is 16.5. The summed E-state index contributed by atoms with van der Waals surface area (Å²) < 4.78 is 32.6. The van der Waals surface area contributed by atoms with Crippen molar-refractivity contribution in [3.05, 3.63) is 36.5 Å². The summed E-state index contributed by atoms with van der Waals surface area (Å²) in [6, 6.07) is 0. The number of hydrogen-bond donors (Lipinski definition) is 3. The molecule has 10 nitrogen and oxygen atoms in total. The molecular formula is C45H83O10P. The van der Waals surface area contributed by atoms with Crippen LogP contribution in [0.25, 0.3) is 0 Å². The molecule has 0 aliphatic carbocycles. The number of ether oxygens (including phenoxy) is 2. The molecule has 3 atom stereocenters. The van der Waals surface area contributed by atoms with Crippen molar-refractivity contribution in [2.75, 3.05) is 26.4 Å². The molecule has 0 saturated carbocycles. The molecule has 0 aliphatic heterocycles. The van der Waals surface area contributed by atoms with Crippen LogP contribution < -0.4 is 0 Å². The number of carbonyl (C=O) groups is 2. The van der Waals surface area contributed by atoms with Gasteiger partial charge in [-0.25, -0.2) is 4.57 Å². The Morgan fingerprint density at radius 3 is 1.46 bits per heavy atom. The van der Waals surface area contributed by atoms with Crippen LogP contribution in [-0.4, -0.2) is 65.7 Å². The molecule has 3 N–H and O–H groups in total. The van der Waals surface area contributed by atoms with Crippen LogP contribution >= 0.6 is 7.82 Å². The summed E-state index contributed by atoms with van der Waals surface area (Å²) in [5.74, 6) is -1.00.